The van der Waals surface area contributed by atoms with Crippen molar-refractivity contribution in [1.29, 1.82) is 0 Å². The van der Waals surface area contributed by atoms with Crippen molar-refractivity contribution in [3.05, 3.63) is 45.4 Å². The minimum atomic E-state index is -1.51. The number of benzene rings is 1. The Morgan fingerprint density at radius 2 is 2.08 bits per heavy atom. The quantitative estimate of drug-likeness (QED) is 0.114. The van der Waals surface area contributed by atoms with Crippen LogP contribution in [0.5, 0.6) is 0 Å². The Morgan fingerprint density at radius 1 is 1.34 bits per heavy atom. The summed E-state index contributed by atoms with van der Waals surface area (Å²) in [5.41, 5.74) is -1.35. The van der Waals surface area contributed by atoms with E-state index >= 15 is 0 Å². The summed E-state index contributed by atoms with van der Waals surface area (Å²) in [7, 11) is 1.24. The highest BCUT2D eigenvalue weighted by Gasteiger charge is 2.58. The zero-order valence-corrected chi connectivity index (χ0v) is 22.8. The number of carboxylic acids is 1. The van der Waals surface area contributed by atoms with Crippen molar-refractivity contribution < 1.29 is 38.7 Å². The van der Waals surface area contributed by atoms with Crippen molar-refractivity contribution in [2.75, 3.05) is 31.3 Å². The number of nitrogens with zero attached hydrogens (tertiary/aromatic N) is 3. The number of β-lactam (4-membered cyclic amide) rings is 1. The van der Waals surface area contributed by atoms with Gasteiger partial charge < -0.3 is 30.2 Å². The summed E-state index contributed by atoms with van der Waals surface area (Å²) in [6, 6.07) is 7.22. The molecule has 2 unspecified atom stereocenters. The summed E-state index contributed by atoms with van der Waals surface area (Å²) >= 11 is 5.48. The average molecular weight is 626 g/mol. The molecular formula is C22H20BrN5O8S2. The van der Waals surface area contributed by atoms with E-state index in [1.54, 1.807) is 30.3 Å². The van der Waals surface area contributed by atoms with E-state index in [9.17, 15) is 29.1 Å². The van der Waals surface area contributed by atoms with Crippen LogP contribution in [0.1, 0.15) is 16.1 Å². The minimum absolute atomic E-state index is 0.0442. The number of thiazole rings is 1. The van der Waals surface area contributed by atoms with Gasteiger partial charge in [-0.3, -0.25) is 19.2 Å². The van der Waals surface area contributed by atoms with Crippen molar-refractivity contribution in [2.24, 2.45) is 10.6 Å². The molecule has 200 valence electrons. The van der Waals surface area contributed by atoms with Gasteiger partial charge in [-0.1, -0.05) is 34.7 Å². The molecule has 1 aromatic heterocycles. The predicted molar refractivity (Wildman–Crippen MR) is 140 cm³/mol. The second kappa shape index (κ2) is 11.5. The van der Waals surface area contributed by atoms with Crippen molar-refractivity contribution in [3.63, 3.8) is 0 Å². The third-order valence-corrected chi connectivity index (χ3v) is 8.99. The Bertz CT molecular complexity index is 1310. The van der Waals surface area contributed by atoms with Crippen LogP contribution in [0.25, 0.3) is 0 Å². The van der Waals surface area contributed by atoms with Gasteiger partial charge in [0.1, 0.15) is 40.0 Å². The first-order valence-corrected chi connectivity index (χ1v) is 13.5. The zero-order chi connectivity index (χ0) is 27.4. The lowest BCUT2D eigenvalue weighted by Gasteiger charge is -2.53. The van der Waals surface area contributed by atoms with E-state index in [0.29, 0.717) is 10.2 Å². The maximum Gasteiger partial charge on any atom is 0.338 e. The minimum Gasteiger partial charge on any atom is -0.481 e. The van der Waals surface area contributed by atoms with Crippen LogP contribution in [0.3, 0.4) is 0 Å². The van der Waals surface area contributed by atoms with Crippen molar-refractivity contribution in [2.45, 2.75) is 11.4 Å². The SMILES string of the molecule is CON=C(C(=O)NC1C(=O)N2CC(COC(=O)c3ccccc3)(C(=O)O)CS[C@H]12)c1nc(NC=O)sc1Br. The summed E-state index contributed by atoms with van der Waals surface area (Å²) in [5.74, 6) is -3.06. The number of carbonyl (C=O) groups is 5. The number of rotatable bonds is 10. The Labute approximate surface area is 232 Å². The topological polar surface area (TPSA) is 177 Å². The molecule has 0 radical (unpaired) electrons. The van der Waals surface area contributed by atoms with Gasteiger partial charge in [-0.2, -0.15) is 0 Å². The van der Waals surface area contributed by atoms with E-state index in [4.69, 9.17) is 9.57 Å². The zero-order valence-electron chi connectivity index (χ0n) is 19.6. The number of ether oxygens (including phenoxy) is 1. The summed E-state index contributed by atoms with van der Waals surface area (Å²) in [5, 5.41) is 18.3. The van der Waals surface area contributed by atoms with Gasteiger partial charge in [0, 0.05) is 12.3 Å². The normalized spacial score (nSPS) is 22.5. The highest BCUT2D eigenvalue weighted by molar-refractivity contribution is 9.11. The molecule has 3 N–H and O–H groups in total. The number of aliphatic carboxylic acids is 1. The number of nitrogens with one attached hydrogen (secondary N) is 2. The maximum absolute atomic E-state index is 13.0. The van der Waals surface area contributed by atoms with Gasteiger partial charge in [0.25, 0.3) is 5.91 Å². The molecule has 0 saturated carbocycles. The van der Waals surface area contributed by atoms with E-state index in [-0.39, 0.29) is 34.4 Å². The number of halogens is 1. The van der Waals surface area contributed by atoms with Crippen molar-refractivity contribution in [3.8, 4) is 0 Å². The van der Waals surface area contributed by atoms with Gasteiger partial charge in [0.15, 0.2) is 10.8 Å². The van der Waals surface area contributed by atoms with Crippen LogP contribution in [0.2, 0.25) is 0 Å². The van der Waals surface area contributed by atoms with E-state index in [1.165, 1.54) is 12.0 Å². The van der Waals surface area contributed by atoms with Gasteiger partial charge in [0.05, 0.1) is 5.56 Å². The summed E-state index contributed by atoms with van der Waals surface area (Å²) in [4.78, 5) is 71.4. The van der Waals surface area contributed by atoms with Crippen LogP contribution < -0.4 is 10.6 Å². The van der Waals surface area contributed by atoms with Crippen LogP contribution in [0.4, 0.5) is 5.13 Å². The highest BCUT2D eigenvalue weighted by atomic mass is 79.9. The van der Waals surface area contributed by atoms with Gasteiger partial charge in [-0.25, -0.2) is 9.78 Å². The molecule has 0 bridgehead atoms. The summed E-state index contributed by atoms with van der Waals surface area (Å²) in [6.07, 6.45) is 0.434. The van der Waals surface area contributed by atoms with Crippen LogP contribution in [-0.2, 0) is 28.8 Å². The number of carbonyl (C=O) groups excluding carboxylic acids is 4. The molecule has 3 heterocycles. The fourth-order valence-corrected chi connectivity index (χ4v) is 6.73. The Balaban J connectivity index is 1.43. The van der Waals surface area contributed by atoms with Gasteiger partial charge in [-0.15, -0.1) is 11.8 Å². The number of thioether (sulfide) groups is 1. The predicted octanol–water partition coefficient (Wildman–Crippen LogP) is 1.15. The van der Waals surface area contributed by atoms with E-state index in [1.807, 2.05) is 0 Å². The van der Waals surface area contributed by atoms with E-state index < -0.39 is 47.2 Å². The maximum atomic E-state index is 13.0. The number of esters is 1. The number of aromatic nitrogens is 1. The first kappa shape index (κ1) is 27.5. The lowest BCUT2D eigenvalue weighted by Crippen LogP contribution is -2.74. The lowest BCUT2D eigenvalue weighted by molar-refractivity contribution is -0.160. The van der Waals surface area contributed by atoms with Gasteiger partial charge in [-0.05, 0) is 28.1 Å². The van der Waals surface area contributed by atoms with Crippen LogP contribution in [-0.4, -0.2) is 88.3 Å². The summed E-state index contributed by atoms with van der Waals surface area (Å²) in [6.45, 7) is -0.610. The number of carboxylic acid groups (broad SMARTS) is 1. The molecule has 2 aliphatic rings. The molecule has 3 amide bonds. The highest BCUT2D eigenvalue weighted by Crippen LogP contribution is 2.42. The molecule has 0 aliphatic carbocycles. The fourth-order valence-electron chi connectivity index (χ4n) is 3.82. The molecule has 2 saturated heterocycles. The van der Waals surface area contributed by atoms with E-state index in [2.05, 4.69) is 36.7 Å². The van der Waals surface area contributed by atoms with Crippen LogP contribution in [0.15, 0.2) is 39.3 Å². The lowest BCUT2D eigenvalue weighted by atomic mass is 9.88. The number of amides is 3. The number of anilines is 1. The Hall–Kier alpha value is -3.50. The standard InChI is InChI=1S/C22H20BrN5O8S2/c1-35-27-13(12-15(23)38-21(26-12)24-10-29)16(30)25-14-17(31)28-7-22(20(33)34,9-37-18(14)28)8-36-19(32)11-5-3-2-4-6-11/h2-6,10,14,18H,7-9H2,1H3,(H,25,30)(H,33,34)(H,24,26,29)/t14?,18-,22?/m1/s1. The van der Waals surface area contributed by atoms with Gasteiger partial charge in [0.2, 0.25) is 12.3 Å². The van der Waals surface area contributed by atoms with Crippen LogP contribution >= 0.6 is 39.0 Å². The first-order valence-electron chi connectivity index (χ1n) is 10.9. The second-order valence-corrected chi connectivity index (χ2v) is 11.6. The third-order valence-electron chi connectivity index (χ3n) is 5.76. The molecule has 4 rings (SSSR count). The van der Waals surface area contributed by atoms with Crippen LogP contribution in [0, 0.1) is 5.41 Å². The number of hydrogen-bond donors (Lipinski definition) is 3. The largest absolute Gasteiger partial charge is 0.481 e. The molecule has 1 aromatic carbocycles. The van der Waals surface area contributed by atoms with Crippen molar-refractivity contribution in [1.82, 2.24) is 15.2 Å². The second-order valence-electron chi connectivity index (χ2n) is 8.17. The molecule has 0 spiro atoms. The molecule has 13 nitrogen and oxygen atoms in total. The smallest absolute Gasteiger partial charge is 0.338 e. The Morgan fingerprint density at radius 3 is 2.74 bits per heavy atom. The first-order chi connectivity index (χ1) is 18.2. The van der Waals surface area contributed by atoms with E-state index in [0.717, 1.165) is 23.1 Å². The molecule has 2 fully saturated rings. The van der Waals surface area contributed by atoms with Crippen molar-refractivity contribution >= 4 is 80.0 Å². The summed E-state index contributed by atoms with van der Waals surface area (Å²) < 4.78 is 5.70. The molecular weight excluding hydrogens is 606 g/mol. The Kier molecular flexibility index (Phi) is 8.32. The average Bonchev–Trinajstić information content (AvgIpc) is 3.28. The number of oxime groups is 1. The molecule has 2 aliphatic heterocycles. The van der Waals surface area contributed by atoms with Gasteiger partial charge >= 0.3 is 11.9 Å². The molecule has 2 aromatic rings. The third kappa shape index (κ3) is 5.37. The molecule has 38 heavy (non-hydrogen) atoms. The fraction of sp³-hybridized carbons (Fsp3) is 0.318. The number of hydrogen-bond acceptors (Lipinski definition) is 11. The molecule has 3 atom stereocenters. The monoisotopic (exact) mass is 625 g/mol. The molecule has 16 heteroatoms. The number of fused-ring (bicyclic) bond motifs is 1.